The number of rotatable bonds is 6. The summed E-state index contributed by atoms with van der Waals surface area (Å²) in [6.45, 7) is 0.374. The fourth-order valence-electron chi connectivity index (χ4n) is 3.09. The van der Waals surface area contributed by atoms with Crippen LogP contribution in [0.3, 0.4) is 0 Å². The minimum atomic E-state index is -0.456. The molecule has 2 N–H and O–H groups in total. The van der Waals surface area contributed by atoms with Crippen molar-refractivity contribution in [2.45, 2.75) is 6.54 Å². The predicted molar refractivity (Wildman–Crippen MR) is 134 cm³/mol. The highest BCUT2D eigenvalue weighted by Crippen LogP contribution is 2.36. The van der Waals surface area contributed by atoms with Gasteiger partial charge in [-0.3, -0.25) is 4.68 Å². The molecule has 0 fully saturated rings. The maximum absolute atomic E-state index is 13.2. The van der Waals surface area contributed by atoms with Crippen LogP contribution in [0.25, 0.3) is 10.4 Å². The van der Waals surface area contributed by atoms with E-state index in [2.05, 4.69) is 15.7 Å². The second kappa shape index (κ2) is 10.1. The normalized spacial score (nSPS) is 10.6. The van der Waals surface area contributed by atoms with Crippen molar-refractivity contribution in [2.24, 2.45) is 0 Å². The summed E-state index contributed by atoms with van der Waals surface area (Å²) in [6, 6.07) is 15.8. The number of nitrogens with zero attached hydrogens (tertiary/aromatic N) is 2. The van der Waals surface area contributed by atoms with Crippen molar-refractivity contribution in [3.63, 3.8) is 0 Å². The summed E-state index contributed by atoms with van der Waals surface area (Å²) in [7, 11) is 1.34. The number of aromatic nitrogens is 2. The molecule has 2 heterocycles. The monoisotopic (exact) mass is 500 g/mol. The largest absolute Gasteiger partial charge is 0.465 e. The van der Waals surface area contributed by atoms with E-state index in [9.17, 15) is 9.18 Å². The number of nitrogens with one attached hydrogen (secondary N) is 2. The second-order valence-corrected chi connectivity index (χ2v) is 8.82. The molecule has 0 saturated carbocycles. The van der Waals surface area contributed by atoms with Gasteiger partial charge in [-0.1, -0.05) is 48.0 Å². The Labute approximate surface area is 204 Å². The molecule has 0 aliphatic rings. The van der Waals surface area contributed by atoms with Gasteiger partial charge in [0, 0.05) is 16.1 Å². The van der Waals surface area contributed by atoms with Crippen molar-refractivity contribution < 1.29 is 13.9 Å². The summed E-state index contributed by atoms with van der Waals surface area (Å²) in [5.41, 5.74) is 2.76. The predicted octanol–water partition coefficient (Wildman–Crippen LogP) is 6.05. The summed E-state index contributed by atoms with van der Waals surface area (Å²) < 4.78 is 19.8. The number of carbonyl (C=O) groups is 1. The summed E-state index contributed by atoms with van der Waals surface area (Å²) >= 11 is 12.9. The van der Waals surface area contributed by atoms with Crippen molar-refractivity contribution in [1.29, 1.82) is 0 Å². The van der Waals surface area contributed by atoms with Crippen molar-refractivity contribution in [1.82, 2.24) is 9.78 Å². The molecular weight excluding hydrogens is 483 g/mol. The Morgan fingerprint density at radius 3 is 2.73 bits per heavy atom. The third-order valence-corrected chi connectivity index (χ3v) is 6.32. The highest BCUT2D eigenvalue weighted by molar-refractivity contribution is 7.80. The molecule has 2 aromatic heterocycles. The number of thiophene rings is 1. The van der Waals surface area contributed by atoms with Crippen molar-refractivity contribution in [2.75, 3.05) is 17.7 Å². The lowest BCUT2D eigenvalue weighted by atomic mass is 10.1. The second-order valence-electron chi connectivity index (χ2n) is 6.95. The first-order valence-corrected chi connectivity index (χ1v) is 11.3. The lowest BCUT2D eigenvalue weighted by Crippen LogP contribution is -2.19. The molecule has 0 amide bonds. The molecular formula is C23H18ClFN4O2S2. The standard InChI is InChI=1S/C23H18ClFN4O2S2/c1-31-22(30)18-10-20(14-5-3-2-4-6-14)33-21(18)28-23(32)27-17-11-26-29(13-17)12-15-7-8-16(25)9-19(15)24/h2-11,13H,12H2,1H3,(H2,27,28,32). The average Bonchev–Trinajstić information content (AvgIpc) is 3.42. The zero-order valence-electron chi connectivity index (χ0n) is 17.3. The van der Waals surface area contributed by atoms with Crippen LogP contribution in [-0.2, 0) is 11.3 Å². The van der Waals surface area contributed by atoms with Crippen LogP contribution in [0.5, 0.6) is 0 Å². The third kappa shape index (κ3) is 5.57. The molecule has 4 rings (SSSR count). The molecule has 0 aliphatic carbocycles. The van der Waals surface area contributed by atoms with E-state index in [1.54, 1.807) is 29.2 Å². The summed E-state index contributed by atoms with van der Waals surface area (Å²) in [5.74, 6) is -0.846. The Kier molecular flexibility index (Phi) is 7.02. The first kappa shape index (κ1) is 22.9. The van der Waals surface area contributed by atoms with Gasteiger partial charge in [-0.05, 0) is 41.5 Å². The Morgan fingerprint density at radius 1 is 1.21 bits per heavy atom. The smallest absolute Gasteiger partial charge is 0.340 e. The van der Waals surface area contributed by atoms with Gasteiger partial charge in [-0.2, -0.15) is 5.10 Å². The molecule has 0 radical (unpaired) electrons. The molecule has 0 spiro atoms. The lowest BCUT2D eigenvalue weighted by Gasteiger charge is -2.09. The van der Waals surface area contributed by atoms with Crippen LogP contribution in [0.2, 0.25) is 5.02 Å². The minimum Gasteiger partial charge on any atom is -0.465 e. The Bertz CT molecular complexity index is 1310. The molecule has 0 saturated heterocycles. The summed E-state index contributed by atoms with van der Waals surface area (Å²) in [5, 5.41) is 11.6. The maximum atomic E-state index is 13.2. The number of esters is 1. The van der Waals surface area contributed by atoms with E-state index >= 15 is 0 Å². The number of benzene rings is 2. The number of thiocarbonyl (C=S) groups is 1. The van der Waals surface area contributed by atoms with Gasteiger partial charge < -0.3 is 15.4 Å². The SMILES string of the molecule is COC(=O)c1cc(-c2ccccc2)sc1NC(=S)Nc1cnn(Cc2ccc(F)cc2Cl)c1. The molecule has 0 bridgehead atoms. The van der Waals surface area contributed by atoms with Crippen LogP contribution in [0.15, 0.2) is 67.0 Å². The number of carbonyl (C=O) groups excluding carboxylic acids is 1. The molecule has 2 aromatic carbocycles. The highest BCUT2D eigenvalue weighted by Gasteiger charge is 2.18. The quantitative estimate of drug-likeness (QED) is 0.248. The number of halogens is 2. The van der Waals surface area contributed by atoms with Crippen LogP contribution in [0, 0.1) is 5.82 Å². The van der Waals surface area contributed by atoms with Gasteiger partial charge in [0.15, 0.2) is 5.11 Å². The van der Waals surface area contributed by atoms with Crippen molar-refractivity contribution >= 4 is 56.9 Å². The average molecular weight is 501 g/mol. The van der Waals surface area contributed by atoms with Crippen LogP contribution in [-0.4, -0.2) is 28.0 Å². The van der Waals surface area contributed by atoms with E-state index in [0.717, 1.165) is 16.0 Å². The van der Waals surface area contributed by atoms with Crippen LogP contribution in [0.1, 0.15) is 15.9 Å². The zero-order chi connectivity index (χ0) is 23.4. The zero-order valence-corrected chi connectivity index (χ0v) is 19.7. The van der Waals surface area contributed by atoms with E-state index in [0.29, 0.717) is 32.9 Å². The molecule has 168 valence electrons. The van der Waals surface area contributed by atoms with E-state index in [1.165, 1.54) is 30.6 Å². The Hall–Kier alpha value is -3.27. The van der Waals surface area contributed by atoms with Gasteiger partial charge >= 0.3 is 5.97 Å². The fraction of sp³-hybridized carbons (Fsp3) is 0.0870. The van der Waals surface area contributed by atoms with Crippen LogP contribution in [0.4, 0.5) is 15.1 Å². The highest BCUT2D eigenvalue weighted by atomic mass is 35.5. The number of hydrogen-bond acceptors (Lipinski definition) is 5. The molecule has 4 aromatic rings. The molecule has 0 aliphatic heterocycles. The minimum absolute atomic E-state index is 0.293. The first-order chi connectivity index (χ1) is 15.9. The first-order valence-electron chi connectivity index (χ1n) is 9.75. The lowest BCUT2D eigenvalue weighted by molar-refractivity contribution is 0.0602. The van der Waals surface area contributed by atoms with Gasteiger partial charge in [-0.15, -0.1) is 11.3 Å². The summed E-state index contributed by atoms with van der Waals surface area (Å²) in [4.78, 5) is 13.2. The van der Waals surface area contributed by atoms with Crippen molar-refractivity contribution in [3.8, 4) is 10.4 Å². The molecule has 0 atom stereocenters. The van der Waals surface area contributed by atoms with Crippen LogP contribution >= 0.6 is 35.2 Å². The van der Waals surface area contributed by atoms with Crippen molar-refractivity contribution in [3.05, 3.63) is 89.0 Å². The topological polar surface area (TPSA) is 68.2 Å². The number of hydrogen-bond donors (Lipinski definition) is 2. The number of anilines is 2. The van der Waals surface area contributed by atoms with E-state index in [1.807, 2.05) is 30.3 Å². The van der Waals surface area contributed by atoms with Crippen LogP contribution < -0.4 is 10.6 Å². The third-order valence-electron chi connectivity index (χ3n) is 4.66. The fourth-order valence-corrected chi connectivity index (χ4v) is 4.66. The van der Waals surface area contributed by atoms with E-state index in [-0.39, 0.29) is 0 Å². The Morgan fingerprint density at radius 2 is 2.00 bits per heavy atom. The Balaban J connectivity index is 1.47. The number of methoxy groups -OCH3 is 1. The number of ether oxygens (including phenoxy) is 1. The van der Waals surface area contributed by atoms with Gasteiger partial charge in [0.1, 0.15) is 10.8 Å². The van der Waals surface area contributed by atoms with Gasteiger partial charge in [0.25, 0.3) is 0 Å². The van der Waals surface area contributed by atoms with E-state index in [4.69, 9.17) is 28.6 Å². The van der Waals surface area contributed by atoms with Gasteiger partial charge in [-0.25, -0.2) is 9.18 Å². The molecule has 6 nitrogen and oxygen atoms in total. The van der Waals surface area contributed by atoms with E-state index < -0.39 is 11.8 Å². The maximum Gasteiger partial charge on any atom is 0.340 e. The molecule has 33 heavy (non-hydrogen) atoms. The molecule has 10 heteroatoms. The van der Waals surface area contributed by atoms with Gasteiger partial charge in [0.05, 0.1) is 31.1 Å². The van der Waals surface area contributed by atoms with Gasteiger partial charge in [0.2, 0.25) is 0 Å². The summed E-state index contributed by atoms with van der Waals surface area (Å²) in [6.07, 6.45) is 3.36. The molecule has 0 unspecified atom stereocenters.